The van der Waals surface area contributed by atoms with E-state index >= 15 is 0 Å². The fourth-order valence-corrected chi connectivity index (χ4v) is 4.05. The second-order valence-corrected chi connectivity index (χ2v) is 7.48. The molecule has 3 amide bonds. The minimum atomic E-state index is -0.312. The molecule has 1 unspecified atom stereocenters. The van der Waals surface area contributed by atoms with Gasteiger partial charge in [-0.25, -0.2) is 0 Å². The molecule has 0 saturated carbocycles. The predicted molar refractivity (Wildman–Crippen MR) is 104 cm³/mol. The third-order valence-corrected chi connectivity index (χ3v) is 5.48. The van der Waals surface area contributed by atoms with Crippen LogP contribution in [0.4, 0.5) is 0 Å². The standard InChI is InChI=1S/C22H23N3O3/c26-20(11-13-25-21(27)18-8-4-5-9-19(18)22(25)28)23-17-10-12-24(15-17)14-16-6-2-1-3-7-16/h1-9,17H,10-15H2,(H,23,26)/p+1/t17-/m1/s1. The molecule has 0 aliphatic carbocycles. The van der Waals surface area contributed by atoms with Crippen LogP contribution in [0, 0.1) is 0 Å². The van der Waals surface area contributed by atoms with E-state index in [2.05, 4.69) is 17.4 Å². The number of fused-ring (bicyclic) bond motifs is 1. The van der Waals surface area contributed by atoms with Crippen LogP contribution >= 0.6 is 0 Å². The summed E-state index contributed by atoms with van der Waals surface area (Å²) in [5.74, 6) is -0.733. The van der Waals surface area contributed by atoms with Gasteiger partial charge in [0.15, 0.2) is 0 Å². The third kappa shape index (κ3) is 3.82. The summed E-state index contributed by atoms with van der Waals surface area (Å²) in [6.07, 6.45) is 1.08. The summed E-state index contributed by atoms with van der Waals surface area (Å²) in [5, 5.41) is 3.06. The third-order valence-electron chi connectivity index (χ3n) is 5.48. The van der Waals surface area contributed by atoms with E-state index in [0.717, 1.165) is 26.1 Å². The number of likely N-dealkylation sites (tertiary alicyclic amines) is 1. The molecule has 1 fully saturated rings. The maximum atomic E-state index is 12.4. The number of benzene rings is 2. The first-order chi connectivity index (χ1) is 13.6. The average molecular weight is 378 g/mol. The van der Waals surface area contributed by atoms with Crippen molar-refractivity contribution in [1.82, 2.24) is 10.2 Å². The molecule has 2 atom stereocenters. The predicted octanol–water partition coefficient (Wildman–Crippen LogP) is 0.646. The Morgan fingerprint density at radius 1 is 1.00 bits per heavy atom. The molecule has 4 rings (SSSR count). The van der Waals surface area contributed by atoms with Crippen LogP contribution in [0.3, 0.4) is 0 Å². The molecule has 0 spiro atoms. The quantitative estimate of drug-likeness (QED) is 0.725. The van der Waals surface area contributed by atoms with Gasteiger partial charge in [0.05, 0.1) is 30.3 Å². The van der Waals surface area contributed by atoms with Crippen LogP contribution in [-0.2, 0) is 11.3 Å². The van der Waals surface area contributed by atoms with Gasteiger partial charge in [0.1, 0.15) is 6.54 Å². The average Bonchev–Trinajstić information content (AvgIpc) is 3.24. The number of hydrogen-bond acceptors (Lipinski definition) is 3. The zero-order valence-corrected chi connectivity index (χ0v) is 15.7. The fourth-order valence-electron chi connectivity index (χ4n) is 4.05. The number of carbonyl (C=O) groups is 3. The van der Waals surface area contributed by atoms with E-state index < -0.39 is 0 Å². The van der Waals surface area contributed by atoms with Crippen molar-refractivity contribution in [2.45, 2.75) is 25.4 Å². The van der Waals surface area contributed by atoms with Crippen LogP contribution in [0.15, 0.2) is 54.6 Å². The van der Waals surface area contributed by atoms with E-state index in [1.54, 1.807) is 24.3 Å². The lowest BCUT2D eigenvalue weighted by molar-refractivity contribution is -0.901. The molecule has 0 aromatic heterocycles. The first kappa shape index (κ1) is 18.4. The summed E-state index contributed by atoms with van der Waals surface area (Å²) in [7, 11) is 0. The van der Waals surface area contributed by atoms with Gasteiger partial charge >= 0.3 is 0 Å². The molecule has 2 aromatic carbocycles. The molecule has 0 radical (unpaired) electrons. The van der Waals surface area contributed by atoms with E-state index in [1.807, 2.05) is 18.2 Å². The summed E-state index contributed by atoms with van der Waals surface area (Å²) >= 11 is 0. The van der Waals surface area contributed by atoms with Gasteiger partial charge in [-0.15, -0.1) is 0 Å². The van der Waals surface area contributed by atoms with Gasteiger partial charge in [0.25, 0.3) is 11.8 Å². The zero-order chi connectivity index (χ0) is 19.5. The largest absolute Gasteiger partial charge is 0.347 e. The lowest BCUT2D eigenvalue weighted by atomic mass is 10.1. The zero-order valence-electron chi connectivity index (χ0n) is 15.7. The normalized spacial score (nSPS) is 21.1. The molecule has 2 aromatic rings. The Balaban J connectivity index is 1.25. The molecule has 144 valence electrons. The van der Waals surface area contributed by atoms with Gasteiger partial charge in [-0.3, -0.25) is 19.3 Å². The number of amides is 3. The maximum Gasteiger partial charge on any atom is 0.261 e. The van der Waals surface area contributed by atoms with Crippen molar-refractivity contribution in [2.75, 3.05) is 19.6 Å². The van der Waals surface area contributed by atoms with Crippen LogP contribution in [0.1, 0.15) is 39.1 Å². The van der Waals surface area contributed by atoms with Crippen molar-refractivity contribution < 1.29 is 19.3 Å². The monoisotopic (exact) mass is 378 g/mol. The molecule has 2 N–H and O–H groups in total. The van der Waals surface area contributed by atoms with E-state index in [-0.39, 0.29) is 36.7 Å². The van der Waals surface area contributed by atoms with Gasteiger partial charge in [0, 0.05) is 24.9 Å². The number of nitrogens with one attached hydrogen (secondary N) is 2. The Kier molecular flexibility index (Phi) is 5.21. The first-order valence-electron chi connectivity index (χ1n) is 9.74. The van der Waals surface area contributed by atoms with Crippen LogP contribution in [0.5, 0.6) is 0 Å². The minimum Gasteiger partial charge on any atom is -0.347 e. The van der Waals surface area contributed by atoms with Crippen molar-refractivity contribution in [2.24, 2.45) is 0 Å². The van der Waals surface area contributed by atoms with Crippen LogP contribution in [0.25, 0.3) is 0 Å². The smallest absolute Gasteiger partial charge is 0.261 e. The van der Waals surface area contributed by atoms with Crippen molar-refractivity contribution in [1.29, 1.82) is 0 Å². The first-order valence-corrected chi connectivity index (χ1v) is 9.74. The van der Waals surface area contributed by atoms with Crippen LogP contribution < -0.4 is 10.2 Å². The highest BCUT2D eigenvalue weighted by Gasteiger charge is 2.35. The van der Waals surface area contributed by atoms with Crippen LogP contribution in [-0.4, -0.2) is 48.3 Å². The molecule has 28 heavy (non-hydrogen) atoms. The van der Waals surface area contributed by atoms with Crippen molar-refractivity contribution in [3.05, 3.63) is 71.3 Å². The van der Waals surface area contributed by atoms with Gasteiger partial charge < -0.3 is 10.2 Å². The highest BCUT2D eigenvalue weighted by Crippen LogP contribution is 2.22. The van der Waals surface area contributed by atoms with Crippen LogP contribution in [0.2, 0.25) is 0 Å². The number of imide groups is 1. The summed E-state index contributed by atoms with van der Waals surface area (Å²) in [4.78, 5) is 39.7. The highest BCUT2D eigenvalue weighted by molar-refractivity contribution is 6.21. The molecule has 0 bridgehead atoms. The maximum absolute atomic E-state index is 12.4. The molecule has 2 aliphatic rings. The highest BCUT2D eigenvalue weighted by atomic mass is 16.2. The summed E-state index contributed by atoms with van der Waals surface area (Å²) in [5.41, 5.74) is 2.14. The minimum absolute atomic E-state index is 0.109. The molecule has 6 nitrogen and oxygen atoms in total. The van der Waals surface area contributed by atoms with Crippen molar-refractivity contribution in [3.63, 3.8) is 0 Å². The summed E-state index contributed by atoms with van der Waals surface area (Å²) in [6.45, 7) is 3.00. The number of rotatable bonds is 6. The van der Waals surface area contributed by atoms with Gasteiger partial charge in [0.2, 0.25) is 5.91 Å². The number of nitrogens with zero attached hydrogens (tertiary/aromatic N) is 1. The van der Waals surface area contributed by atoms with E-state index in [4.69, 9.17) is 0 Å². The molecule has 6 heteroatoms. The molecular weight excluding hydrogens is 354 g/mol. The second-order valence-electron chi connectivity index (χ2n) is 7.48. The van der Waals surface area contributed by atoms with E-state index in [9.17, 15) is 14.4 Å². The Morgan fingerprint density at radius 3 is 2.32 bits per heavy atom. The van der Waals surface area contributed by atoms with Crippen molar-refractivity contribution >= 4 is 17.7 Å². The number of quaternary nitrogens is 1. The van der Waals surface area contributed by atoms with Gasteiger partial charge in [-0.05, 0) is 12.1 Å². The molecule has 1 saturated heterocycles. The van der Waals surface area contributed by atoms with Crippen molar-refractivity contribution in [3.8, 4) is 0 Å². The lowest BCUT2D eigenvalue weighted by Crippen LogP contribution is -3.09. The summed E-state index contributed by atoms with van der Waals surface area (Å²) < 4.78 is 0. The lowest BCUT2D eigenvalue weighted by Gasteiger charge is -2.16. The Labute approximate surface area is 164 Å². The van der Waals surface area contributed by atoms with Gasteiger partial charge in [-0.2, -0.15) is 0 Å². The Morgan fingerprint density at radius 2 is 1.64 bits per heavy atom. The fraction of sp³-hybridized carbons (Fsp3) is 0.318. The molecular formula is C22H24N3O3+. The molecule has 2 aliphatic heterocycles. The number of hydrogen-bond donors (Lipinski definition) is 2. The SMILES string of the molecule is O=C(CCN1C(=O)c2ccccc2C1=O)N[C@@H]1CC[NH+](Cc2ccccc2)C1. The Hall–Kier alpha value is -2.99. The van der Waals surface area contributed by atoms with Gasteiger partial charge in [-0.1, -0.05) is 42.5 Å². The van der Waals surface area contributed by atoms with E-state index in [1.165, 1.54) is 15.4 Å². The number of carbonyl (C=O) groups excluding carboxylic acids is 3. The second kappa shape index (κ2) is 7.94. The Bertz CT molecular complexity index is 862. The summed E-state index contributed by atoms with van der Waals surface area (Å²) in [6, 6.07) is 17.3. The topological polar surface area (TPSA) is 70.9 Å². The van der Waals surface area contributed by atoms with E-state index in [0.29, 0.717) is 11.1 Å². The molecule has 2 heterocycles.